The van der Waals surface area contributed by atoms with Gasteiger partial charge in [-0.05, 0) is 6.58 Å². The molecule has 1 unspecified atom stereocenters. The molecule has 0 aromatic heterocycles. The molecule has 1 atom stereocenters. The monoisotopic (exact) mass is 73.1 g/mol. The summed E-state index contributed by atoms with van der Waals surface area (Å²) in [5, 5.41) is 9.71. The van der Waals surface area contributed by atoms with E-state index < -0.39 is 0 Å². The molecule has 0 amide bonds. The van der Waals surface area contributed by atoms with Crippen molar-refractivity contribution in [1.29, 1.82) is 0 Å². The summed E-state index contributed by atoms with van der Waals surface area (Å²) in [5.41, 5.74) is 0. The van der Waals surface area contributed by atoms with E-state index in [1.165, 1.54) is 13.2 Å². The third-order valence-electron chi connectivity index (χ3n) is 0.287. The molecule has 0 saturated carbocycles. The van der Waals surface area contributed by atoms with E-state index in [4.69, 9.17) is 0 Å². The van der Waals surface area contributed by atoms with E-state index in [1.54, 1.807) is 0 Å². The number of hydroxylamine groups is 2. The Kier molecular flexibility index (Phi) is 1.80. The van der Waals surface area contributed by atoms with Gasteiger partial charge >= 0.3 is 0 Å². The van der Waals surface area contributed by atoms with Gasteiger partial charge in [-0.3, -0.25) is 0 Å². The lowest BCUT2D eigenvalue weighted by atomic mass is 11.0. The Morgan fingerprint density at radius 2 is 2.20 bits per heavy atom. The van der Waals surface area contributed by atoms with Crippen LogP contribution in [0.3, 0.4) is 0 Å². The van der Waals surface area contributed by atoms with Gasteiger partial charge in [-0.25, -0.2) is 0 Å². The van der Waals surface area contributed by atoms with Crippen molar-refractivity contribution in [2.45, 2.75) is 0 Å². The molecule has 0 aromatic carbocycles. The summed E-state index contributed by atoms with van der Waals surface area (Å²) in [6, 6.07) is 0. The predicted octanol–water partition coefficient (Wildman–Crippen LogP) is -0.858. The average molecular weight is 73.1 g/mol. The molecule has 0 radical (unpaired) electrons. The highest BCUT2D eigenvalue weighted by Gasteiger charge is 1.59. The van der Waals surface area contributed by atoms with Crippen LogP contribution in [0.5, 0.6) is 0 Å². The quantitative estimate of drug-likeness (QED) is 0.402. The van der Waals surface area contributed by atoms with Crippen molar-refractivity contribution in [1.82, 2.24) is 0 Å². The Labute approximate surface area is 31.3 Å². The first-order valence-corrected chi connectivity index (χ1v) is 1.40. The predicted molar refractivity (Wildman–Crippen MR) is 20.5 cm³/mol. The highest BCUT2D eigenvalue weighted by Crippen LogP contribution is 1.23. The number of hydrogen-bond acceptors (Lipinski definition) is 1. The van der Waals surface area contributed by atoms with Crippen LogP contribution in [0.15, 0.2) is 12.8 Å². The first-order chi connectivity index (χ1) is 2.27. The summed E-state index contributed by atoms with van der Waals surface area (Å²) in [5.74, 6) is 0. The topological polar surface area (TPSA) is 27.5 Å². The maximum atomic E-state index is 9.69. The fourth-order valence-electron chi connectivity index (χ4n) is 0. The van der Waals surface area contributed by atoms with E-state index in [2.05, 4.69) is 6.58 Å². The first kappa shape index (κ1) is 4.66. The van der Waals surface area contributed by atoms with Crippen LogP contribution in [0.25, 0.3) is 0 Å². The zero-order chi connectivity index (χ0) is 4.28. The minimum Gasteiger partial charge on any atom is -0.629 e. The normalized spacial score (nSPS) is 14.0. The second kappa shape index (κ2) is 1.93. The third kappa shape index (κ3) is 3.66. The van der Waals surface area contributed by atoms with Crippen molar-refractivity contribution in [2.75, 3.05) is 7.05 Å². The van der Waals surface area contributed by atoms with E-state index >= 15 is 0 Å². The molecule has 0 spiro atoms. The van der Waals surface area contributed by atoms with E-state index in [1.807, 2.05) is 0 Å². The van der Waals surface area contributed by atoms with Gasteiger partial charge in [0.2, 0.25) is 0 Å². The molecule has 0 aliphatic carbocycles. The molecule has 0 aromatic rings. The molecule has 0 heterocycles. The molecule has 0 bridgehead atoms. The molecule has 5 heavy (non-hydrogen) atoms. The average Bonchev–Trinajstić information content (AvgIpc) is 1.38. The summed E-state index contributed by atoms with van der Waals surface area (Å²) in [7, 11) is 1.47. The number of nitrogens with one attached hydrogen (secondary N) is 1. The highest BCUT2D eigenvalue weighted by atomic mass is 16.5. The van der Waals surface area contributed by atoms with Crippen LogP contribution in [0.2, 0.25) is 0 Å². The molecule has 0 saturated heterocycles. The Bertz CT molecular complexity index is 33.9. The highest BCUT2D eigenvalue weighted by molar-refractivity contribution is 4.42. The van der Waals surface area contributed by atoms with E-state index in [0.717, 1.165) is 0 Å². The van der Waals surface area contributed by atoms with Crippen molar-refractivity contribution in [2.24, 2.45) is 0 Å². The number of rotatable bonds is 1. The fourth-order valence-corrected chi connectivity index (χ4v) is 0. The van der Waals surface area contributed by atoms with Crippen molar-refractivity contribution in [3.8, 4) is 0 Å². The summed E-state index contributed by atoms with van der Waals surface area (Å²) in [6.45, 7) is 3.21. The van der Waals surface area contributed by atoms with Gasteiger partial charge in [-0.2, -0.15) is 0 Å². The Morgan fingerprint density at radius 1 is 2.00 bits per heavy atom. The van der Waals surface area contributed by atoms with E-state index in [0.29, 0.717) is 0 Å². The molecule has 2 heteroatoms. The van der Waals surface area contributed by atoms with Gasteiger partial charge < -0.3 is 10.3 Å². The minimum absolute atomic E-state index is 0.0185. The van der Waals surface area contributed by atoms with Crippen LogP contribution in [0, 0.1) is 5.21 Å². The van der Waals surface area contributed by atoms with Gasteiger partial charge in [-0.1, -0.05) is 0 Å². The zero-order valence-electron chi connectivity index (χ0n) is 3.19. The maximum Gasteiger partial charge on any atom is 0.0867 e. The number of hydrogen-bond donors (Lipinski definition) is 1. The summed E-state index contributed by atoms with van der Waals surface area (Å²) >= 11 is 0. The van der Waals surface area contributed by atoms with Gasteiger partial charge in [0.25, 0.3) is 0 Å². The van der Waals surface area contributed by atoms with Gasteiger partial charge in [0, 0.05) is 0 Å². The Balaban J connectivity index is 2.83. The molecule has 0 rings (SSSR count). The van der Waals surface area contributed by atoms with Crippen LogP contribution >= 0.6 is 0 Å². The van der Waals surface area contributed by atoms with Crippen molar-refractivity contribution in [3.63, 3.8) is 0 Å². The van der Waals surface area contributed by atoms with Crippen LogP contribution in [0.4, 0.5) is 0 Å². The lowest BCUT2D eigenvalue weighted by Crippen LogP contribution is -2.98. The zero-order valence-corrected chi connectivity index (χ0v) is 3.19. The number of quaternary nitrogens is 1. The van der Waals surface area contributed by atoms with Gasteiger partial charge in [-0.15, -0.1) is 0 Å². The molecular weight excluding hydrogens is 66.0 g/mol. The van der Waals surface area contributed by atoms with Crippen molar-refractivity contribution >= 4 is 0 Å². The van der Waals surface area contributed by atoms with Crippen LogP contribution in [-0.2, 0) is 0 Å². The van der Waals surface area contributed by atoms with Crippen LogP contribution in [-0.4, -0.2) is 7.05 Å². The Morgan fingerprint density at radius 3 is 2.20 bits per heavy atom. The lowest BCUT2D eigenvalue weighted by Gasteiger charge is -2.05. The van der Waals surface area contributed by atoms with Crippen molar-refractivity contribution in [3.05, 3.63) is 18.0 Å². The second-order valence-electron chi connectivity index (χ2n) is 0.815. The minimum atomic E-state index is 0.0185. The van der Waals surface area contributed by atoms with Crippen LogP contribution in [0.1, 0.15) is 0 Å². The SMILES string of the molecule is C=C[NH+](C)[O-]. The lowest BCUT2D eigenvalue weighted by molar-refractivity contribution is -0.766. The van der Waals surface area contributed by atoms with Gasteiger partial charge in [0.05, 0.1) is 13.2 Å². The summed E-state index contributed by atoms with van der Waals surface area (Å²) in [4.78, 5) is 0. The molecule has 1 N–H and O–H groups in total. The van der Waals surface area contributed by atoms with Crippen molar-refractivity contribution < 1.29 is 5.06 Å². The molecule has 0 aliphatic heterocycles. The van der Waals surface area contributed by atoms with Crippen LogP contribution < -0.4 is 5.06 Å². The standard InChI is InChI=1S/C3H7NO/c1-3-4(2)5/h3-4H,1H2,2H3. The summed E-state index contributed by atoms with van der Waals surface area (Å²) < 4.78 is 0. The largest absolute Gasteiger partial charge is 0.629 e. The fraction of sp³-hybridized carbons (Fsp3) is 0.333. The second-order valence-corrected chi connectivity index (χ2v) is 0.815. The summed E-state index contributed by atoms with van der Waals surface area (Å²) in [6.07, 6.45) is 1.28. The maximum absolute atomic E-state index is 9.69. The smallest absolute Gasteiger partial charge is 0.0867 e. The van der Waals surface area contributed by atoms with E-state index in [9.17, 15) is 5.21 Å². The third-order valence-corrected chi connectivity index (χ3v) is 0.287. The molecular formula is C3H7NO. The molecule has 0 fully saturated rings. The molecule has 30 valence electrons. The van der Waals surface area contributed by atoms with Gasteiger partial charge in [0.1, 0.15) is 0 Å². The van der Waals surface area contributed by atoms with E-state index in [-0.39, 0.29) is 5.06 Å². The Hall–Kier alpha value is -0.340. The molecule has 0 aliphatic rings. The molecule has 2 nitrogen and oxygen atoms in total. The van der Waals surface area contributed by atoms with Gasteiger partial charge in [0.15, 0.2) is 0 Å². The first-order valence-electron chi connectivity index (χ1n) is 1.40.